The highest BCUT2D eigenvalue weighted by Crippen LogP contribution is 2.36. The van der Waals surface area contributed by atoms with Crippen LogP contribution in [-0.4, -0.2) is 58.9 Å². The van der Waals surface area contributed by atoms with Gasteiger partial charge >= 0.3 is 5.97 Å². The molecule has 0 radical (unpaired) electrons. The molecule has 0 aliphatic heterocycles. The second kappa shape index (κ2) is 9.24. The largest absolute Gasteiger partial charge is 0.481 e. The second-order valence-electron chi connectivity index (χ2n) is 6.39. The Morgan fingerprint density at radius 3 is 2.36 bits per heavy atom. The van der Waals surface area contributed by atoms with Crippen LogP contribution in [0.3, 0.4) is 0 Å². The topological polar surface area (TPSA) is 151 Å². The zero-order valence-electron chi connectivity index (χ0n) is 15.1. The molecule has 0 heterocycles. The predicted octanol–water partition coefficient (Wildman–Crippen LogP) is -0.498. The number of aliphatic carboxylic acids is 1. The van der Waals surface area contributed by atoms with Crippen molar-refractivity contribution in [1.29, 1.82) is 0 Å². The lowest BCUT2D eigenvalue weighted by Gasteiger charge is -2.31. The van der Waals surface area contributed by atoms with E-state index in [0.29, 0.717) is 13.1 Å². The molecule has 1 saturated carbocycles. The molecule has 0 saturated heterocycles. The minimum absolute atomic E-state index is 0.157. The molecule has 1 aliphatic rings. The van der Waals surface area contributed by atoms with Gasteiger partial charge in [0.05, 0.1) is 12.0 Å². The molecule has 25 heavy (non-hydrogen) atoms. The van der Waals surface area contributed by atoms with E-state index in [1.165, 1.54) is 6.92 Å². The fourth-order valence-corrected chi connectivity index (χ4v) is 3.41. The minimum atomic E-state index is -0.951. The number of likely N-dealkylation sites (N-methyl/N-ethyl adjacent to an activating group) is 1. The summed E-state index contributed by atoms with van der Waals surface area (Å²) in [6, 6.07) is -1.37. The summed E-state index contributed by atoms with van der Waals surface area (Å²) < 4.78 is 0. The first-order chi connectivity index (χ1) is 11.7. The number of carboxylic acids is 1. The number of carboxylic acid groups (broad SMARTS) is 1. The summed E-state index contributed by atoms with van der Waals surface area (Å²) >= 11 is 0. The van der Waals surface area contributed by atoms with E-state index in [1.54, 1.807) is 4.90 Å². The maximum absolute atomic E-state index is 12.9. The summed E-state index contributed by atoms with van der Waals surface area (Å²) in [6.07, 6.45) is 1.25. The van der Waals surface area contributed by atoms with Gasteiger partial charge in [0.15, 0.2) is 5.96 Å². The number of amides is 2. The quantitative estimate of drug-likeness (QED) is 0.340. The van der Waals surface area contributed by atoms with E-state index in [-0.39, 0.29) is 30.6 Å². The van der Waals surface area contributed by atoms with Crippen LogP contribution in [0.25, 0.3) is 0 Å². The van der Waals surface area contributed by atoms with Crippen LogP contribution in [0.5, 0.6) is 0 Å². The van der Waals surface area contributed by atoms with E-state index in [0.717, 1.165) is 6.42 Å². The SMILES string of the molecule is CCCN(CC)C(=O)C(NC(C)=O)[C@@H]1CC(C(=O)O)CC1N=C(N)N. The molecular formula is C16H29N5O4. The Morgan fingerprint density at radius 2 is 1.92 bits per heavy atom. The molecule has 1 fully saturated rings. The Bertz CT molecular complexity index is 533. The Morgan fingerprint density at radius 1 is 1.28 bits per heavy atom. The van der Waals surface area contributed by atoms with Gasteiger partial charge in [-0.1, -0.05) is 6.92 Å². The number of aliphatic imine (C=N–C) groups is 1. The third-order valence-electron chi connectivity index (χ3n) is 4.48. The van der Waals surface area contributed by atoms with Crippen LogP contribution in [-0.2, 0) is 14.4 Å². The Balaban J connectivity index is 3.16. The van der Waals surface area contributed by atoms with Crippen molar-refractivity contribution in [3.63, 3.8) is 0 Å². The van der Waals surface area contributed by atoms with Crippen molar-refractivity contribution in [3.8, 4) is 0 Å². The van der Waals surface area contributed by atoms with Crippen LogP contribution in [0.2, 0.25) is 0 Å². The number of nitrogens with zero attached hydrogens (tertiary/aromatic N) is 2. The lowest BCUT2D eigenvalue weighted by Crippen LogP contribution is -2.53. The molecule has 142 valence electrons. The van der Waals surface area contributed by atoms with Gasteiger partial charge in [0, 0.05) is 25.9 Å². The summed E-state index contributed by atoms with van der Waals surface area (Å²) in [6.45, 7) is 6.22. The number of nitrogens with one attached hydrogen (secondary N) is 1. The van der Waals surface area contributed by atoms with Gasteiger partial charge in [-0.25, -0.2) is 4.99 Å². The zero-order valence-corrected chi connectivity index (χ0v) is 15.1. The van der Waals surface area contributed by atoms with Gasteiger partial charge in [-0.15, -0.1) is 0 Å². The second-order valence-corrected chi connectivity index (χ2v) is 6.39. The van der Waals surface area contributed by atoms with Gasteiger partial charge in [0.2, 0.25) is 11.8 Å². The van der Waals surface area contributed by atoms with E-state index in [9.17, 15) is 19.5 Å². The maximum Gasteiger partial charge on any atom is 0.306 e. The number of guanidine groups is 1. The van der Waals surface area contributed by atoms with E-state index >= 15 is 0 Å². The van der Waals surface area contributed by atoms with Crippen LogP contribution in [0, 0.1) is 11.8 Å². The zero-order chi connectivity index (χ0) is 19.1. The van der Waals surface area contributed by atoms with E-state index in [1.807, 2.05) is 13.8 Å². The number of rotatable bonds is 8. The number of hydrogen-bond donors (Lipinski definition) is 4. The number of carbonyl (C=O) groups is 3. The van der Waals surface area contributed by atoms with Gasteiger partial charge < -0.3 is 26.8 Å². The molecule has 1 aliphatic carbocycles. The lowest BCUT2D eigenvalue weighted by atomic mass is 9.92. The standard InChI is InChI=1S/C16H29N5O4/c1-4-6-21(5-2)14(23)13(19-9(3)22)11-7-10(15(24)25)8-12(11)20-16(17)18/h10-13H,4-8H2,1-3H3,(H,19,22)(H,24,25)(H4,17,18,20)/t10?,11-,12?,13?/m1/s1. The fraction of sp³-hybridized carbons (Fsp3) is 0.750. The van der Waals surface area contributed by atoms with E-state index in [2.05, 4.69) is 10.3 Å². The summed E-state index contributed by atoms with van der Waals surface area (Å²) in [7, 11) is 0. The van der Waals surface area contributed by atoms with Gasteiger partial charge in [0.25, 0.3) is 0 Å². The van der Waals surface area contributed by atoms with Crippen LogP contribution < -0.4 is 16.8 Å². The number of carbonyl (C=O) groups excluding carboxylic acids is 2. The highest BCUT2D eigenvalue weighted by molar-refractivity contribution is 5.87. The third kappa shape index (κ3) is 5.61. The van der Waals surface area contributed by atoms with Gasteiger partial charge in [-0.2, -0.15) is 0 Å². The van der Waals surface area contributed by atoms with Crippen molar-refractivity contribution < 1.29 is 19.5 Å². The number of nitrogens with two attached hydrogens (primary N) is 2. The van der Waals surface area contributed by atoms with Crippen LogP contribution >= 0.6 is 0 Å². The molecular weight excluding hydrogens is 326 g/mol. The summed E-state index contributed by atoms with van der Waals surface area (Å²) in [4.78, 5) is 41.8. The van der Waals surface area contributed by atoms with Crippen molar-refractivity contribution in [1.82, 2.24) is 10.2 Å². The molecule has 3 unspecified atom stereocenters. The smallest absolute Gasteiger partial charge is 0.306 e. The molecule has 9 heteroatoms. The Labute approximate surface area is 147 Å². The van der Waals surface area contributed by atoms with Crippen LogP contribution in [0.4, 0.5) is 0 Å². The van der Waals surface area contributed by atoms with Gasteiger partial charge in [-0.3, -0.25) is 14.4 Å². The van der Waals surface area contributed by atoms with Crippen molar-refractivity contribution >= 4 is 23.7 Å². The fourth-order valence-electron chi connectivity index (χ4n) is 3.41. The van der Waals surface area contributed by atoms with Crippen molar-refractivity contribution in [2.24, 2.45) is 28.3 Å². The molecule has 2 amide bonds. The van der Waals surface area contributed by atoms with Crippen molar-refractivity contribution in [3.05, 3.63) is 0 Å². The van der Waals surface area contributed by atoms with Crippen LogP contribution in [0.15, 0.2) is 4.99 Å². The molecule has 6 N–H and O–H groups in total. The lowest BCUT2D eigenvalue weighted by molar-refractivity contribution is -0.142. The normalized spacial score (nSPS) is 23.6. The molecule has 0 aromatic rings. The Hall–Kier alpha value is -2.32. The van der Waals surface area contributed by atoms with Crippen molar-refractivity contribution in [2.75, 3.05) is 13.1 Å². The monoisotopic (exact) mass is 355 g/mol. The predicted molar refractivity (Wildman–Crippen MR) is 93.6 cm³/mol. The summed E-state index contributed by atoms with van der Waals surface area (Å²) in [5.74, 6) is -2.81. The van der Waals surface area contributed by atoms with Crippen LogP contribution in [0.1, 0.15) is 40.0 Å². The molecule has 0 spiro atoms. The first-order valence-corrected chi connectivity index (χ1v) is 8.58. The Kier molecular flexibility index (Phi) is 7.66. The van der Waals surface area contributed by atoms with Gasteiger partial charge in [0.1, 0.15) is 6.04 Å². The molecule has 0 aromatic heterocycles. The average molecular weight is 355 g/mol. The molecule has 1 rings (SSSR count). The minimum Gasteiger partial charge on any atom is -0.481 e. The molecule has 0 bridgehead atoms. The summed E-state index contributed by atoms with van der Waals surface area (Å²) in [5, 5.41) is 12.0. The highest BCUT2D eigenvalue weighted by atomic mass is 16.4. The first kappa shape index (κ1) is 20.7. The highest BCUT2D eigenvalue weighted by Gasteiger charge is 2.45. The molecule has 4 atom stereocenters. The molecule has 0 aromatic carbocycles. The first-order valence-electron chi connectivity index (χ1n) is 8.58. The summed E-state index contributed by atoms with van der Waals surface area (Å²) in [5.41, 5.74) is 10.9. The third-order valence-corrected chi connectivity index (χ3v) is 4.48. The van der Waals surface area contributed by atoms with Crippen molar-refractivity contribution in [2.45, 2.75) is 52.1 Å². The van der Waals surface area contributed by atoms with E-state index < -0.39 is 29.9 Å². The average Bonchev–Trinajstić information content (AvgIpc) is 2.92. The number of hydrogen-bond acceptors (Lipinski definition) is 4. The van der Waals surface area contributed by atoms with E-state index in [4.69, 9.17) is 11.5 Å². The van der Waals surface area contributed by atoms with Gasteiger partial charge in [-0.05, 0) is 26.2 Å². The maximum atomic E-state index is 12.9. The molecule has 9 nitrogen and oxygen atoms in total.